The number of aromatic nitrogens is 1. The zero-order valence-corrected chi connectivity index (χ0v) is 22.7. The van der Waals surface area contributed by atoms with Crippen molar-refractivity contribution in [1.82, 2.24) is 4.57 Å². The lowest BCUT2D eigenvalue weighted by atomic mass is 10.1. The molecule has 5 aromatic rings. The summed E-state index contributed by atoms with van der Waals surface area (Å²) in [6, 6.07) is 29.3. The van der Waals surface area contributed by atoms with Crippen LogP contribution in [0.5, 0.6) is 0 Å². The number of rotatable bonds is 6. The van der Waals surface area contributed by atoms with Gasteiger partial charge in [0.15, 0.2) is 5.71 Å². The summed E-state index contributed by atoms with van der Waals surface area (Å²) in [6.07, 6.45) is 2.87. The van der Waals surface area contributed by atoms with E-state index in [9.17, 15) is 29.9 Å². The lowest BCUT2D eigenvalue weighted by Gasteiger charge is -2.11. The number of para-hydroxylation sites is 1. The van der Waals surface area contributed by atoms with Gasteiger partial charge in [-0.05, 0) is 78.7 Å². The number of hydrogen-bond donors (Lipinski definition) is 2. The number of aliphatic carboxylic acids is 2. The first-order valence-electron chi connectivity index (χ1n) is 13.2. The van der Waals surface area contributed by atoms with Gasteiger partial charge in [-0.3, -0.25) is 4.79 Å². The monoisotopic (exact) mass is 566 g/mol. The Morgan fingerprint density at radius 3 is 2.14 bits per heavy atom. The number of carbonyl (C=O) groups is 3. The molecule has 0 fully saturated rings. The number of carboxylic acids is 2. The number of nitriles is 1. The van der Waals surface area contributed by atoms with Gasteiger partial charge in [-0.2, -0.15) is 15.4 Å². The SMILES string of the molecule is Cc1ccc2c(c1)c1cc(/C=C(/C#N)C(=O)O)ccc1n2-c1ccc(/C=C2/C(=O)N(c3ccccc3)N=C2C(=O)O)cc1. The molecule has 1 aliphatic heterocycles. The average Bonchev–Trinajstić information content (AvgIpc) is 3.50. The van der Waals surface area contributed by atoms with Crippen molar-refractivity contribution in [3.05, 3.63) is 119 Å². The van der Waals surface area contributed by atoms with Crippen molar-refractivity contribution in [2.45, 2.75) is 6.92 Å². The van der Waals surface area contributed by atoms with E-state index in [1.165, 1.54) is 12.2 Å². The highest BCUT2D eigenvalue weighted by Crippen LogP contribution is 2.34. The van der Waals surface area contributed by atoms with E-state index >= 15 is 0 Å². The molecular formula is C34H22N4O5. The number of aryl methyl sites for hydroxylation is 1. The first-order chi connectivity index (χ1) is 20.7. The summed E-state index contributed by atoms with van der Waals surface area (Å²) in [5.41, 5.74) is 4.67. The molecule has 9 heteroatoms. The number of benzene rings is 4. The second-order valence-electron chi connectivity index (χ2n) is 9.96. The predicted molar refractivity (Wildman–Crippen MR) is 164 cm³/mol. The summed E-state index contributed by atoms with van der Waals surface area (Å²) in [7, 11) is 0. The van der Waals surface area contributed by atoms with Crippen LogP contribution in [-0.4, -0.2) is 38.3 Å². The normalized spacial score (nSPS) is 14.4. The van der Waals surface area contributed by atoms with Crippen molar-refractivity contribution < 1.29 is 24.6 Å². The van der Waals surface area contributed by atoms with E-state index in [1.807, 2.05) is 43.3 Å². The van der Waals surface area contributed by atoms with Crippen LogP contribution in [-0.2, 0) is 14.4 Å². The second-order valence-corrected chi connectivity index (χ2v) is 9.96. The van der Waals surface area contributed by atoms with Crippen molar-refractivity contribution in [1.29, 1.82) is 5.26 Å². The van der Waals surface area contributed by atoms with Crippen molar-refractivity contribution >= 4 is 63.2 Å². The summed E-state index contributed by atoms with van der Waals surface area (Å²) in [6.45, 7) is 1.99. The van der Waals surface area contributed by atoms with E-state index in [4.69, 9.17) is 0 Å². The smallest absolute Gasteiger partial charge is 0.357 e. The van der Waals surface area contributed by atoms with Gasteiger partial charge >= 0.3 is 11.9 Å². The number of anilines is 1. The van der Waals surface area contributed by atoms with Crippen molar-refractivity contribution in [3.63, 3.8) is 0 Å². The van der Waals surface area contributed by atoms with Crippen molar-refractivity contribution in [2.24, 2.45) is 5.10 Å². The van der Waals surface area contributed by atoms with Gasteiger partial charge in [-0.1, -0.05) is 48.0 Å². The van der Waals surface area contributed by atoms with Crippen molar-refractivity contribution in [3.8, 4) is 11.8 Å². The minimum absolute atomic E-state index is 0.0184. The number of amides is 1. The highest BCUT2D eigenvalue weighted by atomic mass is 16.4. The van der Waals surface area contributed by atoms with Crippen LogP contribution in [0.25, 0.3) is 39.6 Å². The summed E-state index contributed by atoms with van der Waals surface area (Å²) >= 11 is 0. The van der Waals surface area contributed by atoms with Crippen LogP contribution in [0.4, 0.5) is 5.69 Å². The number of carbonyl (C=O) groups excluding carboxylic acids is 1. The van der Waals surface area contributed by atoms with E-state index in [2.05, 4.69) is 15.7 Å². The third-order valence-corrected chi connectivity index (χ3v) is 7.15. The van der Waals surface area contributed by atoms with Gasteiger partial charge in [0, 0.05) is 16.5 Å². The number of carboxylic acid groups (broad SMARTS) is 2. The molecule has 0 saturated heterocycles. The van der Waals surface area contributed by atoms with Gasteiger partial charge in [0.25, 0.3) is 5.91 Å². The third kappa shape index (κ3) is 4.83. The fraction of sp³-hybridized carbons (Fsp3) is 0.0294. The van der Waals surface area contributed by atoms with Gasteiger partial charge in [-0.15, -0.1) is 0 Å². The zero-order chi connectivity index (χ0) is 30.2. The Balaban J connectivity index is 1.42. The summed E-state index contributed by atoms with van der Waals surface area (Å²) in [5.74, 6) is -3.11. The maximum Gasteiger partial charge on any atom is 0.357 e. The number of hydrazone groups is 1. The topological polar surface area (TPSA) is 136 Å². The molecule has 9 nitrogen and oxygen atoms in total. The molecule has 208 valence electrons. The van der Waals surface area contributed by atoms with Crippen LogP contribution in [0.15, 0.2) is 107 Å². The molecule has 2 heterocycles. The first-order valence-corrected chi connectivity index (χ1v) is 13.2. The first kappa shape index (κ1) is 26.9. The van der Waals surface area contributed by atoms with Crippen LogP contribution < -0.4 is 5.01 Å². The van der Waals surface area contributed by atoms with Crippen LogP contribution in [0, 0.1) is 18.3 Å². The van der Waals surface area contributed by atoms with E-state index < -0.39 is 17.8 Å². The number of nitrogens with zero attached hydrogens (tertiary/aromatic N) is 4. The zero-order valence-electron chi connectivity index (χ0n) is 22.7. The van der Waals surface area contributed by atoms with Gasteiger partial charge in [0.05, 0.1) is 22.3 Å². The molecule has 1 amide bonds. The van der Waals surface area contributed by atoms with E-state index in [1.54, 1.807) is 54.6 Å². The van der Waals surface area contributed by atoms with Gasteiger partial charge in [0.2, 0.25) is 0 Å². The van der Waals surface area contributed by atoms with Crippen LogP contribution >= 0.6 is 0 Å². The Morgan fingerprint density at radius 1 is 0.837 bits per heavy atom. The molecule has 0 radical (unpaired) electrons. The van der Waals surface area contributed by atoms with E-state index in [-0.39, 0.29) is 16.9 Å². The maximum absolute atomic E-state index is 13.2. The predicted octanol–water partition coefficient (Wildman–Crippen LogP) is 5.95. The molecule has 2 N–H and O–H groups in total. The Labute approximate surface area is 245 Å². The molecule has 1 aromatic heterocycles. The quantitative estimate of drug-likeness (QED) is 0.192. The molecule has 0 spiro atoms. The highest BCUT2D eigenvalue weighted by molar-refractivity contribution is 6.53. The van der Waals surface area contributed by atoms with E-state index in [0.29, 0.717) is 16.8 Å². The van der Waals surface area contributed by atoms with Gasteiger partial charge in [0.1, 0.15) is 11.6 Å². The third-order valence-electron chi connectivity index (χ3n) is 7.15. The molecule has 0 saturated carbocycles. The Morgan fingerprint density at radius 2 is 1.49 bits per heavy atom. The lowest BCUT2D eigenvalue weighted by Crippen LogP contribution is -2.22. The molecule has 4 aromatic carbocycles. The summed E-state index contributed by atoms with van der Waals surface area (Å²) in [4.78, 5) is 36.5. The minimum Gasteiger partial charge on any atom is -0.477 e. The van der Waals surface area contributed by atoms with Crippen LogP contribution in [0.3, 0.4) is 0 Å². The molecule has 0 unspecified atom stereocenters. The standard InChI is InChI=1S/C34H22N4O5/c1-20-7-13-29-26(15-20)27-18-22(16-23(19-35)33(40)41)10-14-30(27)37(29)24-11-8-21(9-12-24)17-28-31(34(42)43)36-38(32(28)39)25-5-3-2-4-6-25/h2-18H,1H3,(H,40,41)(H,42,43)/b23-16-,28-17+. The lowest BCUT2D eigenvalue weighted by molar-refractivity contribution is -0.132. The van der Waals surface area contributed by atoms with Gasteiger partial charge < -0.3 is 14.8 Å². The second kappa shape index (κ2) is 10.6. The average molecular weight is 567 g/mol. The molecular weight excluding hydrogens is 544 g/mol. The summed E-state index contributed by atoms with van der Waals surface area (Å²) < 4.78 is 2.07. The number of fused-ring (bicyclic) bond motifs is 3. The maximum atomic E-state index is 13.2. The summed E-state index contributed by atoms with van der Waals surface area (Å²) in [5, 5.41) is 35.2. The Hall–Kier alpha value is -6.27. The molecule has 1 aliphatic rings. The van der Waals surface area contributed by atoms with Crippen molar-refractivity contribution in [2.75, 3.05) is 5.01 Å². The van der Waals surface area contributed by atoms with Gasteiger partial charge in [-0.25, -0.2) is 9.59 Å². The largest absolute Gasteiger partial charge is 0.477 e. The molecule has 43 heavy (non-hydrogen) atoms. The Bertz CT molecular complexity index is 2110. The molecule has 0 aliphatic carbocycles. The van der Waals surface area contributed by atoms with E-state index in [0.717, 1.165) is 38.1 Å². The molecule has 0 atom stereocenters. The highest BCUT2D eigenvalue weighted by Gasteiger charge is 2.35. The Kier molecular flexibility index (Phi) is 6.64. The van der Waals surface area contributed by atoms with Crippen LogP contribution in [0.1, 0.15) is 16.7 Å². The molecule has 6 rings (SSSR count). The molecule has 0 bridgehead atoms. The minimum atomic E-state index is -1.30. The fourth-order valence-corrected chi connectivity index (χ4v) is 5.16. The number of hydrogen-bond acceptors (Lipinski definition) is 5. The van der Waals surface area contributed by atoms with Crippen LogP contribution in [0.2, 0.25) is 0 Å². The fourth-order valence-electron chi connectivity index (χ4n) is 5.16.